The summed E-state index contributed by atoms with van der Waals surface area (Å²) in [5.74, 6) is 1.20. The summed E-state index contributed by atoms with van der Waals surface area (Å²) >= 11 is 0. The number of carbonyl (C=O) groups is 1. The van der Waals surface area contributed by atoms with E-state index in [1.165, 1.54) is 5.56 Å². The van der Waals surface area contributed by atoms with Crippen molar-refractivity contribution >= 4 is 5.78 Å². The summed E-state index contributed by atoms with van der Waals surface area (Å²) in [6.07, 6.45) is 5.72. The fourth-order valence-corrected chi connectivity index (χ4v) is 3.81. The van der Waals surface area contributed by atoms with Crippen LogP contribution >= 0.6 is 0 Å². The van der Waals surface area contributed by atoms with Crippen LogP contribution in [-0.2, 0) is 6.54 Å². The highest BCUT2D eigenvalue weighted by molar-refractivity contribution is 5.98. The minimum Gasteiger partial charge on any atom is -0.496 e. The molecule has 0 radical (unpaired) electrons. The van der Waals surface area contributed by atoms with Crippen LogP contribution < -0.4 is 4.74 Å². The number of ether oxygens (including phenoxy) is 1. The average Bonchev–Trinajstić information content (AvgIpc) is 2.62. The quantitative estimate of drug-likeness (QED) is 0.778. The average molecular weight is 338 g/mol. The lowest BCUT2D eigenvalue weighted by Crippen LogP contribution is -2.38. The maximum absolute atomic E-state index is 13.0. The Morgan fingerprint density at radius 2 is 2.08 bits per heavy atom. The number of piperidine rings is 1. The van der Waals surface area contributed by atoms with Gasteiger partial charge < -0.3 is 4.74 Å². The monoisotopic (exact) mass is 338 g/mol. The topological polar surface area (TPSA) is 42.4 Å². The molecule has 0 saturated carbocycles. The molecule has 0 N–H and O–H groups in total. The number of methoxy groups -OCH3 is 1. The van der Waals surface area contributed by atoms with E-state index in [1.807, 2.05) is 38.2 Å². The first-order valence-electron chi connectivity index (χ1n) is 8.89. The van der Waals surface area contributed by atoms with Gasteiger partial charge in [-0.25, -0.2) is 0 Å². The molecule has 1 saturated heterocycles. The van der Waals surface area contributed by atoms with E-state index in [9.17, 15) is 4.79 Å². The summed E-state index contributed by atoms with van der Waals surface area (Å²) in [4.78, 5) is 19.6. The van der Waals surface area contributed by atoms with Crippen LogP contribution in [0.25, 0.3) is 0 Å². The number of nitrogens with zero attached hydrogens (tertiary/aromatic N) is 2. The second kappa shape index (κ2) is 7.79. The first-order chi connectivity index (χ1) is 12.1. The summed E-state index contributed by atoms with van der Waals surface area (Å²) in [6.45, 7) is 6.71. The number of likely N-dealkylation sites (tertiary alicyclic amines) is 1. The molecule has 1 atom stereocenters. The Kier molecular flexibility index (Phi) is 5.49. The van der Waals surface area contributed by atoms with Gasteiger partial charge in [-0.1, -0.05) is 6.07 Å². The van der Waals surface area contributed by atoms with E-state index < -0.39 is 0 Å². The molecule has 1 aliphatic rings. The Balaban J connectivity index is 1.72. The van der Waals surface area contributed by atoms with Crippen LogP contribution in [0.4, 0.5) is 0 Å². The van der Waals surface area contributed by atoms with Crippen molar-refractivity contribution < 1.29 is 9.53 Å². The summed E-state index contributed by atoms with van der Waals surface area (Å²) < 4.78 is 5.41. The van der Waals surface area contributed by atoms with Crippen LogP contribution in [0.5, 0.6) is 5.75 Å². The lowest BCUT2D eigenvalue weighted by Gasteiger charge is -2.32. The molecule has 2 aromatic rings. The Morgan fingerprint density at radius 1 is 1.32 bits per heavy atom. The van der Waals surface area contributed by atoms with Gasteiger partial charge in [0.1, 0.15) is 5.75 Å². The highest BCUT2D eigenvalue weighted by Gasteiger charge is 2.27. The molecule has 1 aromatic carbocycles. The number of hydrogen-bond donors (Lipinski definition) is 0. The maximum Gasteiger partial charge on any atom is 0.167 e. The van der Waals surface area contributed by atoms with Gasteiger partial charge in [-0.05, 0) is 68.1 Å². The van der Waals surface area contributed by atoms with E-state index in [1.54, 1.807) is 13.3 Å². The van der Waals surface area contributed by atoms with Crippen molar-refractivity contribution in [1.29, 1.82) is 0 Å². The second-order valence-electron chi connectivity index (χ2n) is 6.94. The first kappa shape index (κ1) is 17.6. The predicted octanol–water partition coefficient (Wildman–Crippen LogP) is 3.80. The van der Waals surface area contributed by atoms with Crippen molar-refractivity contribution in [2.45, 2.75) is 33.2 Å². The SMILES string of the molecule is COc1c(C)cc(C(=O)[C@H]2CCCN(Cc3cccnc3)C2)cc1C. The lowest BCUT2D eigenvalue weighted by atomic mass is 9.88. The Bertz CT molecular complexity index is 720. The Morgan fingerprint density at radius 3 is 2.72 bits per heavy atom. The van der Waals surface area contributed by atoms with Crippen molar-refractivity contribution in [2.24, 2.45) is 5.92 Å². The number of carbonyl (C=O) groups excluding carboxylic acids is 1. The highest BCUT2D eigenvalue weighted by Crippen LogP contribution is 2.28. The third-order valence-electron chi connectivity index (χ3n) is 4.95. The molecule has 3 rings (SSSR count). The number of benzene rings is 1. The van der Waals surface area contributed by atoms with E-state index in [0.717, 1.165) is 54.9 Å². The molecule has 25 heavy (non-hydrogen) atoms. The van der Waals surface area contributed by atoms with Crippen LogP contribution in [0.15, 0.2) is 36.7 Å². The highest BCUT2D eigenvalue weighted by atomic mass is 16.5. The molecule has 4 nitrogen and oxygen atoms in total. The molecular weight excluding hydrogens is 312 g/mol. The zero-order valence-electron chi connectivity index (χ0n) is 15.3. The van der Waals surface area contributed by atoms with E-state index in [-0.39, 0.29) is 11.7 Å². The smallest absolute Gasteiger partial charge is 0.167 e. The van der Waals surface area contributed by atoms with Gasteiger partial charge in [0.05, 0.1) is 7.11 Å². The molecule has 2 heterocycles. The van der Waals surface area contributed by atoms with Crippen LogP contribution in [0, 0.1) is 19.8 Å². The summed E-state index contributed by atoms with van der Waals surface area (Å²) in [5.41, 5.74) is 4.05. The second-order valence-corrected chi connectivity index (χ2v) is 6.94. The van der Waals surface area contributed by atoms with Gasteiger partial charge in [0.25, 0.3) is 0 Å². The molecule has 1 fully saturated rings. The molecule has 0 amide bonds. The van der Waals surface area contributed by atoms with E-state index >= 15 is 0 Å². The number of hydrogen-bond acceptors (Lipinski definition) is 4. The van der Waals surface area contributed by atoms with Crippen molar-refractivity contribution in [1.82, 2.24) is 9.88 Å². The maximum atomic E-state index is 13.0. The van der Waals surface area contributed by atoms with Crippen LogP contribution in [-0.4, -0.2) is 35.9 Å². The third-order valence-corrected chi connectivity index (χ3v) is 4.95. The number of rotatable bonds is 5. The predicted molar refractivity (Wildman–Crippen MR) is 99.0 cm³/mol. The van der Waals surface area contributed by atoms with Gasteiger partial charge in [0.15, 0.2) is 5.78 Å². The molecule has 132 valence electrons. The van der Waals surface area contributed by atoms with Gasteiger partial charge in [-0.3, -0.25) is 14.7 Å². The Labute approximate surface area is 149 Å². The third kappa shape index (κ3) is 4.07. The number of aryl methyl sites for hydroxylation is 2. The fourth-order valence-electron chi connectivity index (χ4n) is 3.81. The van der Waals surface area contributed by atoms with Gasteiger partial charge in [0.2, 0.25) is 0 Å². The number of aromatic nitrogens is 1. The fraction of sp³-hybridized carbons (Fsp3) is 0.429. The molecule has 1 aliphatic heterocycles. The number of pyridine rings is 1. The van der Waals surface area contributed by atoms with Crippen molar-refractivity contribution in [3.05, 3.63) is 58.9 Å². The van der Waals surface area contributed by atoms with Gasteiger partial charge in [-0.15, -0.1) is 0 Å². The molecule has 0 unspecified atom stereocenters. The van der Waals surface area contributed by atoms with Crippen LogP contribution in [0.2, 0.25) is 0 Å². The molecule has 0 spiro atoms. The van der Waals surface area contributed by atoms with E-state index in [2.05, 4.69) is 16.0 Å². The van der Waals surface area contributed by atoms with E-state index in [0.29, 0.717) is 0 Å². The van der Waals surface area contributed by atoms with Gasteiger partial charge >= 0.3 is 0 Å². The molecule has 0 bridgehead atoms. The standard InChI is InChI=1S/C21H26N2O2/c1-15-10-19(11-16(2)21(15)25-3)20(24)18-7-5-9-23(14-18)13-17-6-4-8-22-12-17/h4,6,8,10-12,18H,5,7,9,13-14H2,1-3H3/t18-/m0/s1. The normalized spacial score (nSPS) is 18.1. The summed E-state index contributed by atoms with van der Waals surface area (Å²) in [6, 6.07) is 7.99. The molecule has 0 aliphatic carbocycles. The summed E-state index contributed by atoms with van der Waals surface area (Å²) in [7, 11) is 1.67. The first-order valence-corrected chi connectivity index (χ1v) is 8.89. The van der Waals surface area contributed by atoms with Crippen molar-refractivity contribution in [3.63, 3.8) is 0 Å². The number of Topliss-reactive ketones (excluding diaryl/α,β-unsaturated/α-hetero) is 1. The minimum atomic E-state index is 0.0672. The van der Waals surface area contributed by atoms with Gasteiger partial charge in [-0.2, -0.15) is 0 Å². The number of ketones is 1. The van der Waals surface area contributed by atoms with Gasteiger partial charge in [0, 0.05) is 37.0 Å². The largest absolute Gasteiger partial charge is 0.496 e. The van der Waals surface area contributed by atoms with Crippen LogP contribution in [0.3, 0.4) is 0 Å². The minimum absolute atomic E-state index is 0.0672. The zero-order valence-corrected chi connectivity index (χ0v) is 15.3. The molecule has 1 aromatic heterocycles. The molecular formula is C21H26N2O2. The van der Waals surface area contributed by atoms with E-state index in [4.69, 9.17) is 4.74 Å². The lowest BCUT2D eigenvalue weighted by molar-refractivity contribution is 0.0811. The van der Waals surface area contributed by atoms with Crippen molar-refractivity contribution in [2.75, 3.05) is 20.2 Å². The molecule has 4 heteroatoms. The van der Waals surface area contributed by atoms with Crippen molar-refractivity contribution in [3.8, 4) is 5.75 Å². The zero-order chi connectivity index (χ0) is 17.8. The van der Waals surface area contributed by atoms with Crippen LogP contribution in [0.1, 0.15) is 39.9 Å². The summed E-state index contributed by atoms with van der Waals surface area (Å²) in [5, 5.41) is 0. The Hall–Kier alpha value is -2.20.